The molecule has 0 atom stereocenters. The first kappa shape index (κ1) is 16.8. The van der Waals surface area contributed by atoms with Crippen LogP contribution in [0.2, 0.25) is 5.02 Å². The highest BCUT2D eigenvalue weighted by molar-refractivity contribution is 6.32. The number of H-pyrrole nitrogens is 1. The largest absolute Gasteiger partial charge is 0.491 e. The number of aromatic amines is 1. The minimum atomic E-state index is -0.216. The maximum Gasteiger partial charge on any atom is 0.276 e. The summed E-state index contributed by atoms with van der Waals surface area (Å²) in [6.07, 6.45) is 2.92. The maximum absolute atomic E-state index is 12.4. The number of amides is 1. The number of fused-ring (bicyclic) bond motifs is 1. The molecule has 0 radical (unpaired) electrons. The monoisotopic (exact) mass is 348 g/mol. The molecule has 7 heteroatoms. The number of anilines is 1. The van der Waals surface area contributed by atoms with E-state index in [1.807, 2.05) is 19.0 Å². The summed E-state index contributed by atoms with van der Waals surface area (Å²) in [5, 5.41) is 10.4. The Morgan fingerprint density at radius 1 is 1.42 bits per heavy atom. The Labute approximate surface area is 146 Å². The number of rotatable bonds is 6. The molecule has 2 aromatic rings. The van der Waals surface area contributed by atoms with Crippen LogP contribution in [0.15, 0.2) is 18.2 Å². The van der Waals surface area contributed by atoms with E-state index >= 15 is 0 Å². The molecule has 24 heavy (non-hydrogen) atoms. The van der Waals surface area contributed by atoms with E-state index in [0.29, 0.717) is 28.8 Å². The van der Waals surface area contributed by atoms with Crippen LogP contribution in [-0.2, 0) is 12.8 Å². The number of ether oxygens (including phenoxy) is 1. The lowest BCUT2D eigenvalue weighted by Gasteiger charge is -2.13. The molecule has 1 aliphatic carbocycles. The molecular weight excluding hydrogens is 328 g/mol. The number of hydrogen-bond acceptors (Lipinski definition) is 4. The van der Waals surface area contributed by atoms with E-state index in [2.05, 4.69) is 15.5 Å². The molecule has 1 heterocycles. The van der Waals surface area contributed by atoms with E-state index in [1.54, 1.807) is 18.2 Å². The van der Waals surface area contributed by atoms with Crippen LogP contribution in [0, 0.1) is 0 Å². The molecule has 1 aliphatic rings. The Morgan fingerprint density at radius 2 is 2.25 bits per heavy atom. The molecule has 0 aliphatic heterocycles. The van der Waals surface area contributed by atoms with Gasteiger partial charge in [0.15, 0.2) is 5.69 Å². The van der Waals surface area contributed by atoms with Crippen molar-refractivity contribution in [3.05, 3.63) is 40.2 Å². The Balaban J connectivity index is 1.65. The lowest BCUT2D eigenvalue weighted by Crippen LogP contribution is -2.19. The van der Waals surface area contributed by atoms with E-state index in [1.165, 1.54) is 0 Å². The number of carbonyl (C=O) groups is 1. The van der Waals surface area contributed by atoms with Gasteiger partial charge in [0.25, 0.3) is 5.91 Å². The number of nitrogens with zero attached hydrogens (tertiary/aromatic N) is 2. The van der Waals surface area contributed by atoms with Gasteiger partial charge < -0.3 is 15.0 Å². The van der Waals surface area contributed by atoms with Gasteiger partial charge in [-0.25, -0.2) is 0 Å². The average molecular weight is 349 g/mol. The van der Waals surface area contributed by atoms with Crippen molar-refractivity contribution in [1.29, 1.82) is 0 Å². The van der Waals surface area contributed by atoms with E-state index < -0.39 is 0 Å². The molecular formula is C17H21ClN4O2. The fourth-order valence-electron chi connectivity index (χ4n) is 2.73. The van der Waals surface area contributed by atoms with E-state index in [4.69, 9.17) is 16.3 Å². The highest BCUT2D eigenvalue weighted by Gasteiger charge is 2.23. The molecule has 0 fully saturated rings. The summed E-state index contributed by atoms with van der Waals surface area (Å²) in [6, 6.07) is 5.24. The summed E-state index contributed by atoms with van der Waals surface area (Å²) >= 11 is 6.24. The zero-order valence-corrected chi connectivity index (χ0v) is 14.6. The van der Waals surface area contributed by atoms with Crippen LogP contribution >= 0.6 is 11.6 Å². The van der Waals surface area contributed by atoms with Gasteiger partial charge in [-0.05, 0) is 51.6 Å². The van der Waals surface area contributed by atoms with Crippen molar-refractivity contribution in [2.45, 2.75) is 19.3 Å². The lowest BCUT2D eigenvalue weighted by atomic mass is 10.2. The Kier molecular flexibility index (Phi) is 5.06. The minimum Gasteiger partial charge on any atom is -0.491 e. The minimum absolute atomic E-state index is 0.216. The second kappa shape index (κ2) is 7.23. The third-order valence-electron chi connectivity index (χ3n) is 4.01. The second-order valence-corrected chi connectivity index (χ2v) is 6.54. The molecule has 1 aromatic heterocycles. The fourth-order valence-corrected chi connectivity index (χ4v) is 2.97. The van der Waals surface area contributed by atoms with Crippen LogP contribution in [-0.4, -0.2) is 48.3 Å². The first-order valence-electron chi connectivity index (χ1n) is 7.99. The van der Waals surface area contributed by atoms with E-state index in [-0.39, 0.29) is 5.91 Å². The third-order valence-corrected chi connectivity index (χ3v) is 4.30. The summed E-state index contributed by atoms with van der Waals surface area (Å²) in [5.74, 6) is 0.393. The van der Waals surface area contributed by atoms with Gasteiger partial charge in [0, 0.05) is 23.5 Å². The molecule has 2 N–H and O–H groups in total. The molecule has 0 saturated heterocycles. The molecule has 1 aromatic carbocycles. The number of carbonyl (C=O) groups excluding carboxylic acids is 1. The highest BCUT2D eigenvalue weighted by Crippen LogP contribution is 2.28. The summed E-state index contributed by atoms with van der Waals surface area (Å²) in [7, 11) is 3.96. The number of nitrogens with one attached hydrogen (secondary N) is 2. The smallest absolute Gasteiger partial charge is 0.276 e. The summed E-state index contributed by atoms with van der Waals surface area (Å²) in [6.45, 7) is 1.36. The van der Waals surface area contributed by atoms with Gasteiger partial charge in [-0.1, -0.05) is 11.6 Å². The van der Waals surface area contributed by atoms with Crippen LogP contribution in [0.5, 0.6) is 5.75 Å². The first-order valence-corrected chi connectivity index (χ1v) is 8.37. The standard InChI is InChI=1S/C17H21ClN4O2/c1-22(2)8-9-24-15-7-6-11(10-13(15)18)19-17(23)16-12-4-3-5-14(12)20-21-16/h6-7,10H,3-5,8-9H2,1-2H3,(H,19,23)(H,20,21). The van der Waals surface area contributed by atoms with Crippen molar-refractivity contribution in [3.8, 4) is 5.75 Å². The fraction of sp³-hybridized carbons (Fsp3) is 0.412. The van der Waals surface area contributed by atoms with Gasteiger partial charge in [0.05, 0.1) is 5.02 Å². The predicted molar refractivity (Wildman–Crippen MR) is 94.1 cm³/mol. The van der Waals surface area contributed by atoms with Gasteiger partial charge in [-0.3, -0.25) is 9.89 Å². The molecule has 0 unspecified atom stereocenters. The van der Waals surface area contributed by atoms with Crippen molar-refractivity contribution < 1.29 is 9.53 Å². The van der Waals surface area contributed by atoms with Crippen molar-refractivity contribution in [1.82, 2.24) is 15.1 Å². The van der Waals surface area contributed by atoms with Crippen molar-refractivity contribution in [2.75, 3.05) is 32.6 Å². The Morgan fingerprint density at radius 3 is 3.00 bits per heavy atom. The Hall–Kier alpha value is -2.05. The number of aromatic nitrogens is 2. The van der Waals surface area contributed by atoms with Gasteiger partial charge in [-0.15, -0.1) is 0 Å². The van der Waals surface area contributed by atoms with Gasteiger partial charge in [0.2, 0.25) is 0 Å². The summed E-state index contributed by atoms with van der Waals surface area (Å²) in [5.41, 5.74) is 3.20. The van der Waals surface area contributed by atoms with Crippen LogP contribution in [0.4, 0.5) is 5.69 Å². The van der Waals surface area contributed by atoms with E-state index in [0.717, 1.165) is 37.1 Å². The number of benzene rings is 1. The topological polar surface area (TPSA) is 70.2 Å². The quantitative estimate of drug-likeness (QED) is 0.842. The highest BCUT2D eigenvalue weighted by atomic mass is 35.5. The third kappa shape index (κ3) is 3.71. The van der Waals surface area contributed by atoms with Crippen LogP contribution < -0.4 is 10.1 Å². The number of halogens is 1. The first-order chi connectivity index (χ1) is 11.5. The van der Waals surface area contributed by atoms with Gasteiger partial charge in [0.1, 0.15) is 12.4 Å². The normalized spacial score (nSPS) is 13.2. The van der Waals surface area contributed by atoms with Crippen molar-refractivity contribution in [2.24, 2.45) is 0 Å². The maximum atomic E-state index is 12.4. The molecule has 0 spiro atoms. The molecule has 1 amide bonds. The predicted octanol–water partition coefficient (Wildman–Crippen LogP) is 2.74. The lowest BCUT2D eigenvalue weighted by molar-refractivity contribution is 0.102. The zero-order valence-electron chi connectivity index (χ0n) is 13.9. The van der Waals surface area contributed by atoms with E-state index in [9.17, 15) is 4.79 Å². The number of likely N-dealkylation sites (N-methyl/N-ethyl adjacent to an activating group) is 1. The van der Waals surface area contributed by atoms with Crippen molar-refractivity contribution in [3.63, 3.8) is 0 Å². The number of hydrogen-bond donors (Lipinski definition) is 2. The van der Waals surface area contributed by atoms with Crippen LogP contribution in [0.3, 0.4) is 0 Å². The van der Waals surface area contributed by atoms with Gasteiger partial charge >= 0.3 is 0 Å². The molecule has 3 rings (SSSR count). The zero-order chi connectivity index (χ0) is 17.1. The second-order valence-electron chi connectivity index (χ2n) is 6.13. The molecule has 6 nitrogen and oxygen atoms in total. The SMILES string of the molecule is CN(C)CCOc1ccc(NC(=O)c2n[nH]c3c2CCC3)cc1Cl. The number of aryl methyl sites for hydroxylation is 1. The molecule has 0 bridgehead atoms. The Bertz CT molecular complexity index is 742. The van der Waals surface area contributed by atoms with Crippen molar-refractivity contribution >= 4 is 23.2 Å². The summed E-state index contributed by atoms with van der Waals surface area (Å²) < 4.78 is 5.64. The molecule has 0 saturated carbocycles. The summed E-state index contributed by atoms with van der Waals surface area (Å²) in [4.78, 5) is 14.4. The van der Waals surface area contributed by atoms with Gasteiger partial charge in [-0.2, -0.15) is 5.10 Å². The molecule has 128 valence electrons. The average Bonchev–Trinajstić information content (AvgIpc) is 3.11. The van der Waals surface area contributed by atoms with Crippen LogP contribution in [0.1, 0.15) is 28.2 Å². The van der Waals surface area contributed by atoms with Crippen LogP contribution in [0.25, 0.3) is 0 Å².